The maximum Gasteiger partial charge on any atom is 0.418 e. The van der Waals surface area contributed by atoms with E-state index in [1.165, 1.54) is 6.07 Å². The normalized spacial score (nSPS) is 13.7. The summed E-state index contributed by atoms with van der Waals surface area (Å²) in [6, 6.07) is 6.89. The van der Waals surface area contributed by atoms with Crippen molar-refractivity contribution in [2.24, 2.45) is 0 Å². The van der Waals surface area contributed by atoms with Crippen LogP contribution in [0.25, 0.3) is 11.0 Å². The number of benzene rings is 1. The molecule has 0 atom stereocenters. The molecular weight excluding hydrogens is 349 g/mol. The lowest BCUT2D eigenvalue weighted by Crippen LogP contribution is -2.16. The fraction of sp³-hybridized carbons (Fsp3) is 0.235. The molecule has 4 rings (SSSR count). The van der Waals surface area contributed by atoms with Crippen LogP contribution in [0.1, 0.15) is 5.56 Å². The minimum atomic E-state index is -4.47. The third-order valence-corrected chi connectivity index (χ3v) is 4.05. The number of fused-ring (bicyclic) bond motifs is 2. The minimum absolute atomic E-state index is 0.000207. The van der Waals surface area contributed by atoms with Gasteiger partial charge >= 0.3 is 6.18 Å². The van der Waals surface area contributed by atoms with E-state index in [4.69, 9.17) is 9.47 Å². The van der Waals surface area contributed by atoms with Crippen LogP contribution in [0.3, 0.4) is 0 Å². The van der Waals surface area contributed by atoms with Gasteiger partial charge in [0.1, 0.15) is 24.7 Å². The number of aromatic nitrogens is 2. The molecule has 0 spiro atoms. The Morgan fingerprint density at radius 3 is 2.73 bits per heavy atom. The van der Waals surface area contributed by atoms with E-state index in [0.717, 1.165) is 6.20 Å². The highest BCUT2D eigenvalue weighted by atomic mass is 19.4. The van der Waals surface area contributed by atoms with Gasteiger partial charge in [0.25, 0.3) is 0 Å². The van der Waals surface area contributed by atoms with Crippen molar-refractivity contribution in [3.63, 3.8) is 0 Å². The van der Waals surface area contributed by atoms with Gasteiger partial charge in [-0.2, -0.15) is 13.2 Å². The zero-order chi connectivity index (χ0) is 18.3. The van der Waals surface area contributed by atoms with Gasteiger partial charge in [-0.05, 0) is 12.1 Å². The van der Waals surface area contributed by atoms with Crippen LogP contribution in [0.15, 0.2) is 30.5 Å². The molecule has 2 aromatic heterocycles. The fourth-order valence-electron chi connectivity index (χ4n) is 2.93. The Balaban J connectivity index is 1.77. The van der Waals surface area contributed by atoms with Gasteiger partial charge in [0.05, 0.1) is 16.6 Å². The van der Waals surface area contributed by atoms with Gasteiger partial charge in [-0.15, -0.1) is 0 Å². The van der Waals surface area contributed by atoms with Crippen molar-refractivity contribution in [2.75, 3.05) is 30.9 Å². The number of halogens is 3. The van der Waals surface area contributed by atoms with Crippen molar-refractivity contribution in [3.8, 4) is 11.5 Å². The summed E-state index contributed by atoms with van der Waals surface area (Å²) in [5, 5.41) is 5.89. The third kappa shape index (κ3) is 2.75. The van der Waals surface area contributed by atoms with E-state index < -0.39 is 11.7 Å². The molecular formula is C17H15F3N4O2. The second kappa shape index (κ2) is 6.01. The molecule has 0 amide bonds. The highest BCUT2D eigenvalue weighted by Gasteiger charge is 2.35. The standard InChI is InChI=1S/C17H15F3N4O2/c1-21-11-7-13(24-16-14(11)9(8-22-16)17(18,19)20)23-10-3-2-4-12-15(10)26-6-5-25-12/h2-4,7-8H,5-6H2,1H3,(H3,21,22,23,24). The highest BCUT2D eigenvalue weighted by Crippen LogP contribution is 2.41. The summed E-state index contributed by atoms with van der Waals surface area (Å²) in [4.78, 5) is 6.85. The summed E-state index contributed by atoms with van der Waals surface area (Å²) in [5.74, 6) is 1.53. The molecule has 9 heteroatoms. The highest BCUT2D eigenvalue weighted by molar-refractivity contribution is 5.95. The zero-order valence-corrected chi connectivity index (χ0v) is 13.7. The molecule has 3 aromatic rings. The summed E-state index contributed by atoms with van der Waals surface area (Å²) in [6.07, 6.45) is -3.55. The molecule has 1 aromatic carbocycles. The van der Waals surface area contributed by atoms with Crippen LogP contribution in [0.4, 0.5) is 30.4 Å². The number of alkyl halides is 3. The Morgan fingerprint density at radius 1 is 1.15 bits per heavy atom. The molecule has 136 valence electrons. The molecule has 0 unspecified atom stereocenters. The van der Waals surface area contributed by atoms with E-state index >= 15 is 0 Å². The van der Waals surface area contributed by atoms with Crippen molar-refractivity contribution in [3.05, 3.63) is 36.0 Å². The second-order valence-corrected chi connectivity index (χ2v) is 5.68. The Bertz CT molecular complexity index is 969. The van der Waals surface area contributed by atoms with E-state index in [2.05, 4.69) is 20.6 Å². The largest absolute Gasteiger partial charge is 0.486 e. The van der Waals surface area contributed by atoms with Crippen molar-refractivity contribution in [1.82, 2.24) is 9.97 Å². The molecule has 0 bridgehead atoms. The number of hydrogen-bond donors (Lipinski definition) is 3. The molecule has 0 radical (unpaired) electrons. The van der Waals surface area contributed by atoms with Crippen molar-refractivity contribution >= 4 is 28.2 Å². The van der Waals surface area contributed by atoms with Gasteiger partial charge in [0, 0.05) is 25.0 Å². The SMILES string of the molecule is CNc1cc(Nc2cccc3c2OCCO3)nc2[nH]cc(C(F)(F)F)c12. The van der Waals surface area contributed by atoms with E-state index in [0.29, 0.717) is 41.9 Å². The van der Waals surface area contributed by atoms with Gasteiger partial charge in [0.2, 0.25) is 0 Å². The van der Waals surface area contributed by atoms with Gasteiger partial charge in [0.15, 0.2) is 11.5 Å². The average molecular weight is 364 g/mol. The maximum atomic E-state index is 13.2. The van der Waals surface area contributed by atoms with Crippen LogP contribution in [-0.4, -0.2) is 30.2 Å². The average Bonchev–Trinajstić information content (AvgIpc) is 3.06. The van der Waals surface area contributed by atoms with Gasteiger partial charge in [-0.3, -0.25) is 0 Å². The molecule has 3 heterocycles. The Labute approximate surface area is 146 Å². The molecule has 26 heavy (non-hydrogen) atoms. The first-order chi connectivity index (χ1) is 12.5. The lowest BCUT2D eigenvalue weighted by molar-refractivity contribution is -0.136. The predicted molar refractivity (Wildman–Crippen MR) is 91.4 cm³/mol. The molecule has 1 aliphatic heterocycles. The summed E-state index contributed by atoms with van der Waals surface area (Å²) in [7, 11) is 1.56. The third-order valence-electron chi connectivity index (χ3n) is 4.05. The number of ether oxygens (including phenoxy) is 2. The summed E-state index contributed by atoms with van der Waals surface area (Å²) < 4.78 is 50.7. The van der Waals surface area contributed by atoms with Crippen LogP contribution < -0.4 is 20.1 Å². The topological polar surface area (TPSA) is 71.2 Å². The van der Waals surface area contributed by atoms with Crippen LogP contribution in [0.2, 0.25) is 0 Å². The lowest BCUT2D eigenvalue weighted by atomic mass is 10.1. The quantitative estimate of drug-likeness (QED) is 0.652. The van der Waals surface area contributed by atoms with Crippen LogP contribution >= 0.6 is 0 Å². The number of H-pyrrole nitrogens is 1. The molecule has 3 N–H and O–H groups in total. The number of anilines is 3. The van der Waals surface area contributed by atoms with Crippen LogP contribution in [0, 0.1) is 0 Å². The monoisotopic (exact) mass is 364 g/mol. The summed E-state index contributed by atoms with van der Waals surface area (Å²) in [5.41, 5.74) is 0.310. The Morgan fingerprint density at radius 2 is 1.96 bits per heavy atom. The molecule has 0 fully saturated rings. The van der Waals surface area contributed by atoms with E-state index in [1.54, 1.807) is 25.2 Å². The summed E-state index contributed by atoms with van der Waals surface area (Å²) in [6.45, 7) is 0.888. The summed E-state index contributed by atoms with van der Waals surface area (Å²) >= 11 is 0. The number of para-hydroxylation sites is 1. The van der Waals surface area contributed by atoms with E-state index in [1.807, 2.05) is 0 Å². The fourth-order valence-corrected chi connectivity index (χ4v) is 2.93. The van der Waals surface area contributed by atoms with Crippen LogP contribution in [-0.2, 0) is 6.18 Å². The van der Waals surface area contributed by atoms with E-state index in [9.17, 15) is 13.2 Å². The molecule has 1 aliphatic rings. The number of nitrogens with zero attached hydrogens (tertiary/aromatic N) is 1. The van der Waals surface area contributed by atoms with Gasteiger partial charge in [-0.1, -0.05) is 6.07 Å². The zero-order valence-electron chi connectivity index (χ0n) is 13.7. The first-order valence-electron chi connectivity index (χ1n) is 7.90. The van der Waals surface area contributed by atoms with Crippen LogP contribution in [0.5, 0.6) is 11.5 Å². The number of nitrogens with one attached hydrogen (secondary N) is 3. The number of aromatic amines is 1. The predicted octanol–water partition coefficient (Wildman–Crippen LogP) is 4.14. The second-order valence-electron chi connectivity index (χ2n) is 5.68. The Kier molecular flexibility index (Phi) is 3.78. The number of rotatable bonds is 3. The molecule has 0 aliphatic carbocycles. The van der Waals surface area contributed by atoms with Gasteiger partial charge < -0.3 is 25.1 Å². The molecule has 0 saturated carbocycles. The van der Waals surface area contributed by atoms with Crippen molar-refractivity contribution in [1.29, 1.82) is 0 Å². The molecule has 6 nitrogen and oxygen atoms in total. The molecule has 0 saturated heterocycles. The van der Waals surface area contributed by atoms with Gasteiger partial charge in [-0.25, -0.2) is 4.98 Å². The van der Waals surface area contributed by atoms with E-state index in [-0.39, 0.29) is 11.0 Å². The van der Waals surface area contributed by atoms with Crippen molar-refractivity contribution < 1.29 is 22.6 Å². The number of hydrogen-bond acceptors (Lipinski definition) is 5. The first-order valence-corrected chi connectivity index (χ1v) is 7.90. The number of pyridine rings is 1. The maximum absolute atomic E-state index is 13.2. The smallest absolute Gasteiger partial charge is 0.418 e. The lowest BCUT2D eigenvalue weighted by Gasteiger charge is -2.21. The minimum Gasteiger partial charge on any atom is -0.486 e. The Hall–Kier alpha value is -3.10. The van der Waals surface area contributed by atoms with Crippen molar-refractivity contribution in [2.45, 2.75) is 6.18 Å². The first kappa shape index (κ1) is 16.4.